The van der Waals surface area contributed by atoms with Crippen molar-refractivity contribution in [1.29, 1.82) is 0 Å². The summed E-state index contributed by atoms with van der Waals surface area (Å²) in [5.41, 5.74) is 5.39. The van der Waals surface area contributed by atoms with Gasteiger partial charge in [-0.15, -0.1) is 0 Å². The molecule has 0 saturated carbocycles. The topological polar surface area (TPSA) is 50.2 Å². The van der Waals surface area contributed by atoms with Crippen LogP contribution in [0, 0.1) is 19.8 Å². The minimum atomic E-state index is -0.816. The molecule has 0 aliphatic heterocycles. The highest BCUT2D eigenvalue weighted by Crippen LogP contribution is 2.34. The van der Waals surface area contributed by atoms with Crippen LogP contribution in [0.4, 0.5) is 0 Å². The summed E-state index contributed by atoms with van der Waals surface area (Å²) >= 11 is 0. The Morgan fingerprint density at radius 3 is 2.71 bits per heavy atom. The van der Waals surface area contributed by atoms with Gasteiger partial charge in [0, 0.05) is 11.1 Å². The lowest BCUT2D eigenvalue weighted by Gasteiger charge is -2.25. The number of rotatable bonds is 2. The molecule has 1 unspecified atom stereocenters. The van der Waals surface area contributed by atoms with Crippen molar-refractivity contribution in [2.24, 2.45) is 5.92 Å². The van der Waals surface area contributed by atoms with E-state index in [4.69, 9.17) is 4.98 Å². The minimum absolute atomic E-state index is 0.495. The van der Waals surface area contributed by atoms with E-state index in [2.05, 4.69) is 6.92 Å². The van der Waals surface area contributed by atoms with Crippen LogP contribution in [-0.4, -0.2) is 16.1 Å². The van der Waals surface area contributed by atoms with Gasteiger partial charge in [-0.05, 0) is 55.7 Å². The lowest BCUT2D eigenvalue weighted by atomic mass is 9.81. The molecule has 1 N–H and O–H groups in total. The van der Waals surface area contributed by atoms with Gasteiger partial charge in [0.15, 0.2) is 0 Å². The highest BCUT2D eigenvalue weighted by atomic mass is 16.4. The van der Waals surface area contributed by atoms with E-state index in [0.29, 0.717) is 11.5 Å². The lowest BCUT2D eigenvalue weighted by molar-refractivity contribution is 0.0697. The molecule has 0 fully saturated rings. The zero-order chi connectivity index (χ0) is 15.1. The molecule has 110 valence electrons. The predicted octanol–water partition coefficient (Wildman–Crippen LogP) is 4.06. The third-order valence-electron chi connectivity index (χ3n) is 4.81. The molecule has 21 heavy (non-hydrogen) atoms. The van der Waals surface area contributed by atoms with Crippen LogP contribution in [0.15, 0.2) is 12.1 Å². The van der Waals surface area contributed by atoms with Crippen molar-refractivity contribution in [1.82, 2.24) is 4.98 Å². The summed E-state index contributed by atoms with van der Waals surface area (Å²) in [4.78, 5) is 16.7. The summed E-state index contributed by atoms with van der Waals surface area (Å²) in [6.07, 6.45) is 3.97. The standard InChI is InChI=1S/C18H21NO2/c1-4-12-7-8-14-13(9-12)16(18(20)21)15-10(2)5-6-11(3)17(15)19-14/h5-6,12H,4,7-9H2,1-3H3,(H,20,21). The second-order valence-electron chi connectivity index (χ2n) is 6.16. The highest BCUT2D eigenvalue weighted by molar-refractivity contribution is 6.06. The minimum Gasteiger partial charge on any atom is -0.478 e. The van der Waals surface area contributed by atoms with E-state index in [1.807, 2.05) is 26.0 Å². The van der Waals surface area contributed by atoms with Gasteiger partial charge in [0.25, 0.3) is 0 Å². The second kappa shape index (κ2) is 5.14. The Bertz CT molecular complexity index is 734. The molecular formula is C18H21NO2. The van der Waals surface area contributed by atoms with Crippen LogP contribution in [-0.2, 0) is 12.8 Å². The van der Waals surface area contributed by atoms with Gasteiger partial charge in [0.05, 0.1) is 11.1 Å². The van der Waals surface area contributed by atoms with Crippen LogP contribution >= 0.6 is 0 Å². The molecule has 3 heteroatoms. The molecule has 1 aliphatic rings. The molecule has 1 aromatic carbocycles. The SMILES string of the molecule is CCC1CCc2nc3c(C)ccc(C)c3c(C(=O)O)c2C1. The molecule has 3 rings (SSSR count). The van der Waals surface area contributed by atoms with Crippen LogP contribution in [0.1, 0.15) is 52.5 Å². The fraction of sp³-hybridized carbons (Fsp3) is 0.444. The number of hydrogen-bond acceptors (Lipinski definition) is 2. The van der Waals surface area contributed by atoms with E-state index in [1.54, 1.807) is 0 Å². The summed E-state index contributed by atoms with van der Waals surface area (Å²) in [5.74, 6) is -0.232. The average molecular weight is 283 g/mol. The third-order valence-corrected chi connectivity index (χ3v) is 4.81. The number of pyridine rings is 1. The fourth-order valence-electron chi connectivity index (χ4n) is 3.50. The van der Waals surface area contributed by atoms with Crippen molar-refractivity contribution in [3.63, 3.8) is 0 Å². The number of aromatic carboxylic acids is 1. The maximum absolute atomic E-state index is 11.9. The zero-order valence-electron chi connectivity index (χ0n) is 12.9. The number of hydrogen-bond donors (Lipinski definition) is 1. The quantitative estimate of drug-likeness (QED) is 0.904. The normalized spacial score (nSPS) is 17.8. The number of nitrogens with zero attached hydrogens (tertiary/aromatic N) is 1. The van der Waals surface area contributed by atoms with Gasteiger partial charge >= 0.3 is 5.97 Å². The van der Waals surface area contributed by atoms with E-state index >= 15 is 0 Å². The van der Waals surface area contributed by atoms with Gasteiger partial charge < -0.3 is 5.11 Å². The summed E-state index contributed by atoms with van der Waals surface area (Å²) < 4.78 is 0. The van der Waals surface area contributed by atoms with E-state index in [0.717, 1.165) is 59.0 Å². The first-order chi connectivity index (χ1) is 10.0. The maximum atomic E-state index is 11.9. The lowest BCUT2D eigenvalue weighted by Crippen LogP contribution is -2.20. The predicted molar refractivity (Wildman–Crippen MR) is 84.0 cm³/mol. The molecule has 0 saturated heterocycles. The van der Waals surface area contributed by atoms with Crippen LogP contribution in [0.5, 0.6) is 0 Å². The van der Waals surface area contributed by atoms with Gasteiger partial charge in [-0.1, -0.05) is 25.5 Å². The fourth-order valence-corrected chi connectivity index (χ4v) is 3.50. The van der Waals surface area contributed by atoms with Gasteiger partial charge in [0.2, 0.25) is 0 Å². The van der Waals surface area contributed by atoms with E-state index in [1.165, 1.54) is 0 Å². The van der Waals surface area contributed by atoms with Crippen molar-refractivity contribution < 1.29 is 9.90 Å². The molecule has 3 nitrogen and oxygen atoms in total. The smallest absolute Gasteiger partial charge is 0.336 e. The number of benzene rings is 1. The number of fused-ring (bicyclic) bond motifs is 2. The molecule has 2 aromatic rings. The van der Waals surface area contributed by atoms with E-state index in [9.17, 15) is 9.90 Å². The molecular weight excluding hydrogens is 262 g/mol. The van der Waals surface area contributed by atoms with Crippen molar-refractivity contribution >= 4 is 16.9 Å². The second-order valence-corrected chi connectivity index (χ2v) is 6.16. The van der Waals surface area contributed by atoms with Crippen LogP contribution < -0.4 is 0 Å². The largest absolute Gasteiger partial charge is 0.478 e. The number of carboxylic acids is 1. The summed E-state index contributed by atoms with van der Waals surface area (Å²) in [7, 11) is 0. The monoisotopic (exact) mass is 283 g/mol. The molecule has 0 radical (unpaired) electrons. The molecule has 0 amide bonds. The van der Waals surface area contributed by atoms with Crippen molar-refractivity contribution in [2.45, 2.75) is 46.5 Å². The van der Waals surface area contributed by atoms with E-state index < -0.39 is 5.97 Å². The average Bonchev–Trinajstić information content (AvgIpc) is 2.48. The third kappa shape index (κ3) is 2.21. The van der Waals surface area contributed by atoms with E-state index in [-0.39, 0.29) is 0 Å². The summed E-state index contributed by atoms with van der Waals surface area (Å²) in [6, 6.07) is 4.03. The number of carboxylic acid groups (broad SMARTS) is 1. The maximum Gasteiger partial charge on any atom is 0.336 e. The van der Waals surface area contributed by atoms with Crippen molar-refractivity contribution in [3.05, 3.63) is 40.1 Å². The molecule has 1 aliphatic carbocycles. The van der Waals surface area contributed by atoms with Gasteiger partial charge in [-0.2, -0.15) is 0 Å². The van der Waals surface area contributed by atoms with Crippen LogP contribution in [0.25, 0.3) is 10.9 Å². The first kappa shape index (κ1) is 14.1. The molecule has 1 aromatic heterocycles. The number of carbonyl (C=O) groups is 1. The van der Waals surface area contributed by atoms with Gasteiger partial charge in [0.1, 0.15) is 0 Å². The Kier molecular flexibility index (Phi) is 3.44. The Morgan fingerprint density at radius 1 is 1.33 bits per heavy atom. The molecule has 1 heterocycles. The highest BCUT2D eigenvalue weighted by Gasteiger charge is 2.27. The summed E-state index contributed by atoms with van der Waals surface area (Å²) in [6.45, 7) is 6.16. The van der Waals surface area contributed by atoms with Crippen molar-refractivity contribution in [2.75, 3.05) is 0 Å². The molecule has 1 atom stereocenters. The molecule has 0 bridgehead atoms. The van der Waals surface area contributed by atoms with Gasteiger partial charge in [-0.3, -0.25) is 4.98 Å². The van der Waals surface area contributed by atoms with Gasteiger partial charge in [-0.25, -0.2) is 4.79 Å². The van der Waals surface area contributed by atoms with Crippen LogP contribution in [0.2, 0.25) is 0 Å². The Balaban J connectivity index is 2.38. The first-order valence-electron chi connectivity index (χ1n) is 7.67. The van der Waals surface area contributed by atoms with Crippen molar-refractivity contribution in [3.8, 4) is 0 Å². The number of aromatic nitrogens is 1. The Morgan fingerprint density at radius 2 is 2.05 bits per heavy atom. The molecule has 0 spiro atoms. The Labute approximate surface area is 125 Å². The Hall–Kier alpha value is -1.90. The first-order valence-corrected chi connectivity index (χ1v) is 7.67. The number of aryl methyl sites for hydroxylation is 3. The zero-order valence-corrected chi connectivity index (χ0v) is 12.9. The van der Waals surface area contributed by atoms with Crippen LogP contribution in [0.3, 0.4) is 0 Å². The summed E-state index contributed by atoms with van der Waals surface area (Å²) in [5, 5.41) is 10.6.